The van der Waals surface area contributed by atoms with E-state index in [1.807, 2.05) is 35.1 Å². The molecule has 1 heterocycles. The zero-order valence-electron chi connectivity index (χ0n) is 11.0. The van der Waals surface area contributed by atoms with Gasteiger partial charge in [-0.3, -0.25) is 4.68 Å². The van der Waals surface area contributed by atoms with E-state index in [4.69, 9.17) is 11.6 Å². The number of hydrogen-bond donors (Lipinski definition) is 1. The Morgan fingerprint density at radius 1 is 1.42 bits per heavy atom. The number of anilines is 1. The lowest BCUT2D eigenvalue weighted by Gasteiger charge is -2.09. The van der Waals surface area contributed by atoms with Crippen LogP contribution in [0.1, 0.15) is 32.0 Å². The van der Waals surface area contributed by atoms with Gasteiger partial charge in [0.15, 0.2) is 0 Å². The van der Waals surface area contributed by atoms with Crippen molar-refractivity contribution in [2.75, 3.05) is 5.32 Å². The molecule has 0 aliphatic carbocycles. The summed E-state index contributed by atoms with van der Waals surface area (Å²) in [7, 11) is 0. The van der Waals surface area contributed by atoms with Crippen molar-refractivity contribution in [2.45, 2.75) is 32.9 Å². The molecule has 1 aromatic carbocycles. The summed E-state index contributed by atoms with van der Waals surface area (Å²) in [5.41, 5.74) is 2.05. The van der Waals surface area contributed by atoms with Crippen LogP contribution in [0.5, 0.6) is 0 Å². The molecule has 0 aliphatic heterocycles. The Morgan fingerprint density at radius 3 is 2.89 bits per heavy atom. The van der Waals surface area contributed by atoms with Gasteiger partial charge in [0.2, 0.25) is 0 Å². The van der Waals surface area contributed by atoms with Gasteiger partial charge in [0.25, 0.3) is 0 Å². The van der Waals surface area contributed by atoms with Gasteiger partial charge in [0.05, 0.1) is 12.2 Å². The summed E-state index contributed by atoms with van der Waals surface area (Å²) in [4.78, 5) is 0. The highest BCUT2D eigenvalue weighted by Crippen LogP contribution is 2.26. The molecule has 0 aliphatic rings. The Labute approximate surface area is 127 Å². The molecule has 3 nitrogen and oxygen atoms in total. The molecule has 0 saturated heterocycles. The monoisotopic (exact) mass is 341 g/mol. The number of aromatic nitrogens is 2. The van der Waals surface area contributed by atoms with Crippen molar-refractivity contribution in [3.8, 4) is 0 Å². The number of nitrogens with zero attached hydrogens (tertiary/aromatic N) is 2. The lowest BCUT2D eigenvalue weighted by molar-refractivity contribution is 0.474. The van der Waals surface area contributed by atoms with Crippen molar-refractivity contribution in [1.29, 1.82) is 0 Å². The molecule has 1 N–H and O–H groups in total. The van der Waals surface area contributed by atoms with Gasteiger partial charge in [-0.15, -0.1) is 0 Å². The van der Waals surface area contributed by atoms with Crippen molar-refractivity contribution in [2.24, 2.45) is 0 Å². The van der Waals surface area contributed by atoms with Crippen LogP contribution in [-0.2, 0) is 6.54 Å². The van der Waals surface area contributed by atoms with E-state index < -0.39 is 0 Å². The van der Waals surface area contributed by atoms with Crippen LogP contribution in [0, 0.1) is 0 Å². The third kappa shape index (κ3) is 3.74. The summed E-state index contributed by atoms with van der Waals surface area (Å²) in [5.74, 6) is 0. The van der Waals surface area contributed by atoms with Gasteiger partial charge in [-0.25, -0.2) is 0 Å². The molecule has 1 aromatic heterocycles. The second-order valence-electron chi connectivity index (χ2n) is 4.52. The zero-order valence-corrected chi connectivity index (χ0v) is 13.4. The average Bonchev–Trinajstić information content (AvgIpc) is 2.85. The zero-order chi connectivity index (χ0) is 13.8. The fourth-order valence-electron chi connectivity index (χ4n) is 1.72. The molecule has 1 unspecified atom stereocenters. The van der Waals surface area contributed by atoms with Crippen LogP contribution in [0.25, 0.3) is 0 Å². The van der Waals surface area contributed by atoms with Crippen LogP contribution < -0.4 is 5.32 Å². The predicted octanol–water partition coefficient (Wildman–Crippen LogP) is 4.88. The Morgan fingerprint density at radius 2 is 2.21 bits per heavy atom. The topological polar surface area (TPSA) is 29.9 Å². The first-order valence-corrected chi connectivity index (χ1v) is 7.50. The third-order valence-corrected chi connectivity index (χ3v) is 3.99. The van der Waals surface area contributed by atoms with Gasteiger partial charge in [0.1, 0.15) is 0 Å². The van der Waals surface area contributed by atoms with E-state index in [2.05, 4.69) is 40.2 Å². The maximum atomic E-state index is 5.91. The van der Waals surface area contributed by atoms with Gasteiger partial charge in [-0.2, -0.15) is 5.10 Å². The maximum Gasteiger partial charge on any atom is 0.0815 e. The quantitative estimate of drug-likeness (QED) is 0.839. The highest BCUT2D eigenvalue weighted by Gasteiger charge is 2.05. The fourth-order valence-corrected chi connectivity index (χ4v) is 2.55. The van der Waals surface area contributed by atoms with E-state index in [0.717, 1.165) is 27.3 Å². The first-order chi connectivity index (χ1) is 9.10. The van der Waals surface area contributed by atoms with Crippen molar-refractivity contribution in [1.82, 2.24) is 9.78 Å². The Balaban J connectivity index is 2.00. The molecule has 2 aromatic rings. The summed E-state index contributed by atoms with van der Waals surface area (Å²) in [6.07, 6.45) is 3.11. The molecule has 0 amide bonds. The van der Waals surface area contributed by atoms with E-state index in [1.165, 1.54) is 0 Å². The van der Waals surface area contributed by atoms with Crippen LogP contribution in [0.4, 0.5) is 5.69 Å². The van der Waals surface area contributed by atoms with Crippen molar-refractivity contribution >= 4 is 33.2 Å². The van der Waals surface area contributed by atoms with Crippen LogP contribution in [0.2, 0.25) is 5.02 Å². The molecule has 5 heteroatoms. The molecule has 102 valence electrons. The minimum atomic E-state index is 0.441. The minimum absolute atomic E-state index is 0.441. The van der Waals surface area contributed by atoms with Gasteiger partial charge >= 0.3 is 0 Å². The smallest absolute Gasteiger partial charge is 0.0815 e. The van der Waals surface area contributed by atoms with Gasteiger partial charge in [0, 0.05) is 27.4 Å². The van der Waals surface area contributed by atoms with Crippen LogP contribution in [0.15, 0.2) is 34.9 Å². The maximum absolute atomic E-state index is 5.91. The van der Waals surface area contributed by atoms with Crippen molar-refractivity contribution in [3.05, 3.63) is 45.7 Å². The average molecular weight is 343 g/mol. The normalized spacial score (nSPS) is 12.4. The lowest BCUT2D eigenvalue weighted by Crippen LogP contribution is -2.06. The molecular weight excluding hydrogens is 326 g/mol. The number of hydrogen-bond acceptors (Lipinski definition) is 2. The molecule has 1 atom stereocenters. The number of benzene rings is 1. The van der Waals surface area contributed by atoms with Gasteiger partial charge < -0.3 is 5.32 Å². The number of nitrogens with one attached hydrogen (secondary N) is 1. The summed E-state index contributed by atoms with van der Waals surface area (Å²) < 4.78 is 2.97. The van der Waals surface area contributed by atoms with Gasteiger partial charge in [-0.1, -0.05) is 18.5 Å². The molecule has 19 heavy (non-hydrogen) atoms. The Hall–Kier alpha value is -1.000. The Kier molecular flexibility index (Phi) is 4.88. The van der Waals surface area contributed by atoms with E-state index in [-0.39, 0.29) is 0 Å². The lowest BCUT2D eigenvalue weighted by atomic mass is 10.3. The number of rotatable bonds is 5. The predicted molar refractivity (Wildman–Crippen MR) is 83.7 cm³/mol. The second-order valence-corrected chi connectivity index (χ2v) is 5.81. The second kappa shape index (κ2) is 6.44. The summed E-state index contributed by atoms with van der Waals surface area (Å²) in [6.45, 7) is 5.03. The Bertz CT molecular complexity index is 553. The van der Waals surface area contributed by atoms with Crippen LogP contribution in [-0.4, -0.2) is 9.78 Å². The van der Waals surface area contributed by atoms with Crippen LogP contribution in [0.3, 0.4) is 0 Å². The van der Waals surface area contributed by atoms with E-state index >= 15 is 0 Å². The summed E-state index contributed by atoms with van der Waals surface area (Å²) in [5, 5.41) is 8.62. The SMILES string of the molecule is CCC(C)n1ccc(CNc2ccc(Cl)cc2Br)n1. The van der Waals surface area contributed by atoms with E-state index in [1.54, 1.807) is 0 Å². The molecule has 0 saturated carbocycles. The molecule has 0 fully saturated rings. The molecule has 0 spiro atoms. The largest absolute Gasteiger partial charge is 0.378 e. The molecule has 0 bridgehead atoms. The first kappa shape index (κ1) is 14.4. The minimum Gasteiger partial charge on any atom is -0.378 e. The highest BCUT2D eigenvalue weighted by atomic mass is 79.9. The fraction of sp³-hybridized carbons (Fsp3) is 0.357. The van der Waals surface area contributed by atoms with E-state index in [0.29, 0.717) is 12.6 Å². The van der Waals surface area contributed by atoms with Crippen LogP contribution >= 0.6 is 27.5 Å². The van der Waals surface area contributed by atoms with Gasteiger partial charge in [-0.05, 0) is 53.5 Å². The summed E-state index contributed by atoms with van der Waals surface area (Å²) in [6, 6.07) is 8.19. The van der Waals surface area contributed by atoms with E-state index in [9.17, 15) is 0 Å². The molecule has 0 radical (unpaired) electrons. The first-order valence-electron chi connectivity index (χ1n) is 6.33. The van der Waals surface area contributed by atoms with Crippen molar-refractivity contribution in [3.63, 3.8) is 0 Å². The highest BCUT2D eigenvalue weighted by molar-refractivity contribution is 9.10. The molecule has 2 rings (SSSR count). The number of halogens is 2. The third-order valence-electron chi connectivity index (χ3n) is 3.10. The van der Waals surface area contributed by atoms with Crippen molar-refractivity contribution < 1.29 is 0 Å². The molecular formula is C14H17BrClN3. The summed E-state index contributed by atoms with van der Waals surface area (Å²) >= 11 is 9.40. The standard InChI is InChI=1S/C14H17BrClN3/c1-3-10(2)19-7-6-12(18-19)9-17-14-5-4-11(16)8-13(14)15/h4-8,10,17H,3,9H2,1-2H3.